The number of nitrogens with one attached hydrogen (secondary N) is 1. The Kier molecular flexibility index (Phi) is 4.18. The number of aromatic nitrogens is 5. The first-order valence-corrected chi connectivity index (χ1v) is 9.72. The number of hydrogen-bond acceptors (Lipinski definition) is 5. The topological polar surface area (TPSA) is 94.7 Å². The van der Waals surface area contributed by atoms with Gasteiger partial charge in [0.1, 0.15) is 11.2 Å². The van der Waals surface area contributed by atoms with Gasteiger partial charge in [-0.25, -0.2) is 14.3 Å². The van der Waals surface area contributed by atoms with Gasteiger partial charge >= 0.3 is 11.4 Å². The van der Waals surface area contributed by atoms with E-state index < -0.39 is 0 Å². The molecule has 1 aliphatic carbocycles. The van der Waals surface area contributed by atoms with Gasteiger partial charge in [0.15, 0.2) is 0 Å². The van der Waals surface area contributed by atoms with Crippen LogP contribution in [0, 0.1) is 6.92 Å². The molecular formula is C17H21N5O3S. The van der Waals surface area contributed by atoms with E-state index in [0.717, 1.165) is 36.1 Å². The van der Waals surface area contributed by atoms with E-state index in [1.165, 1.54) is 26.9 Å². The summed E-state index contributed by atoms with van der Waals surface area (Å²) in [4.78, 5) is 41.8. The van der Waals surface area contributed by atoms with E-state index in [1.54, 1.807) is 4.57 Å². The molecule has 3 heterocycles. The summed E-state index contributed by atoms with van der Waals surface area (Å²) in [6.45, 7) is 4.85. The highest BCUT2D eigenvalue weighted by Gasteiger charge is 2.30. The van der Waals surface area contributed by atoms with Crippen molar-refractivity contribution >= 4 is 21.6 Å². The Hall–Kier alpha value is -2.42. The lowest BCUT2D eigenvalue weighted by Gasteiger charge is -2.11. The van der Waals surface area contributed by atoms with Gasteiger partial charge in [-0.1, -0.05) is 13.3 Å². The molecule has 0 atom stereocenters. The Morgan fingerprint density at radius 3 is 2.69 bits per heavy atom. The van der Waals surface area contributed by atoms with Gasteiger partial charge in [-0.2, -0.15) is 5.10 Å². The van der Waals surface area contributed by atoms with E-state index in [4.69, 9.17) is 0 Å². The van der Waals surface area contributed by atoms with E-state index in [1.807, 2.05) is 6.92 Å². The van der Waals surface area contributed by atoms with Crippen molar-refractivity contribution in [2.24, 2.45) is 0 Å². The van der Waals surface area contributed by atoms with Crippen LogP contribution in [0.15, 0.2) is 20.7 Å². The van der Waals surface area contributed by atoms with Gasteiger partial charge < -0.3 is 0 Å². The standard InChI is InChI=1S/C17H21N5O3S/c1-3-4-7-20-15-13(14(23)22(17(20)25)11-5-6-11)10(2)12(26-15)8-21-16(24)18-9-19-21/h9,11H,3-8H2,1-2H3,(H,18,19,24). The lowest BCUT2D eigenvalue weighted by atomic mass is 10.2. The first-order chi connectivity index (χ1) is 12.5. The third-order valence-corrected chi connectivity index (χ3v) is 6.20. The molecule has 1 N–H and O–H groups in total. The predicted molar refractivity (Wildman–Crippen MR) is 100 cm³/mol. The van der Waals surface area contributed by atoms with Crippen LogP contribution in [-0.4, -0.2) is 23.9 Å². The number of nitrogens with zero attached hydrogens (tertiary/aromatic N) is 4. The van der Waals surface area contributed by atoms with Crippen LogP contribution in [0.25, 0.3) is 10.2 Å². The molecule has 138 valence electrons. The Morgan fingerprint density at radius 2 is 2.08 bits per heavy atom. The molecule has 0 bridgehead atoms. The average Bonchev–Trinajstić information content (AvgIpc) is 3.28. The molecule has 8 nitrogen and oxygen atoms in total. The number of H-pyrrole nitrogens is 1. The minimum atomic E-state index is -0.291. The zero-order valence-electron chi connectivity index (χ0n) is 14.8. The molecule has 1 saturated carbocycles. The maximum Gasteiger partial charge on any atom is 0.343 e. The van der Waals surface area contributed by atoms with Crippen LogP contribution in [0.5, 0.6) is 0 Å². The Labute approximate surface area is 152 Å². The summed E-state index contributed by atoms with van der Waals surface area (Å²) in [7, 11) is 0. The molecule has 0 aromatic carbocycles. The average molecular weight is 375 g/mol. The zero-order chi connectivity index (χ0) is 18.4. The molecule has 3 aromatic rings. The molecule has 9 heteroatoms. The van der Waals surface area contributed by atoms with Crippen LogP contribution in [0.3, 0.4) is 0 Å². The third-order valence-electron chi connectivity index (χ3n) is 4.90. The van der Waals surface area contributed by atoms with Crippen molar-refractivity contribution in [1.29, 1.82) is 0 Å². The van der Waals surface area contributed by atoms with Crippen molar-refractivity contribution in [1.82, 2.24) is 23.9 Å². The smallest absolute Gasteiger partial charge is 0.295 e. The number of aromatic amines is 1. The molecule has 1 aliphatic rings. The fourth-order valence-electron chi connectivity index (χ4n) is 3.26. The van der Waals surface area contributed by atoms with Crippen LogP contribution in [0.4, 0.5) is 0 Å². The van der Waals surface area contributed by atoms with E-state index in [9.17, 15) is 14.4 Å². The molecule has 0 spiro atoms. The van der Waals surface area contributed by atoms with Crippen molar-refractivity contribution < 1.29 is 0 Å². The number of thiophene rings is 1. The summed E-state index contributed by atoms with van der Waals surface area (Å²) < 4.78 is 4.50. The molecule has 0 radical (unpaired) electrons. The largest absolute Gasteiger partial charge is 0.343 e. The molecule has 4 rings (SSSR count). The highest BCUT2D eigenvalue weighted by atomic mass is 32.1. The van der Waals surface area contributed by atoms with Gasteiger partial charge in [-0.15, -0.1) is 11.3 Å². The van der Waals surface area contributed by atoms with Gasteiger partial charge in [-0.3, -0.25) is 18.9 Å². The van der Waals surface area contributed by atoms with Gasteiger partial charge in [0.2, 0.25) is 0 Å². The molecule has 0 aliphatic heterocycles. The van der Waals surface area contributed by atoms with Crippen molar-refractivity contribution in [3.8, 4) is 0 Å². The van der Waals surface area contributed by atoms with Gasteiger partial charge in [0, 0.05) is 17.5 Å². The second kappa shape index (κ2) is 6.39. The molecule has 0 saturated heterocycles. The van der Waals surface area contributed by atoms with E-state index in [0.29, 0.717) is 23.3 Å². The zero-order valence-corrected chi connectivity index (χ0v) is 15.6. The summed E-state index contributed by atoms with van der Waals surface area (Å²) in [5, 5.41) is 4.60. The first kappa shape index (κ1) is 17.0. The Bertz CT molecular complexity index is 1140. The number of aryl methyl sites for hydroxylation is 2. The predicted octanol–water partition coefficient (Wildman–Crippen LogP) is 1.60. The van der Waals surface area contributed by atoms with Crippen molar-refractivity contribution in [3.05, 3.63) is 48.1 Å². The summed E-state index contributed by atoms with van der Waals surface area (Å²) in [5.74, 6) is 0. The molecule has 0 unspecified atom stereocenters. The summed E-state index contributed by atoms with van der Waals surface area (Å²) in [6, 6.07) is 0.0315. The SMILES string of the molecule is CCCCn1c(=O)n(C2CC2)c(=O)c2c(C)c(Cn3nc[nH]c3=O)sc21. The van der Waals surface area contributed by atoms with Crippen molar-refractivity contribution in [3.63, 3.8) is 0 Å². The normalized spacial score (nSPS) is 14.4. The molecule has 1 fully saturated rings. The minimum absolute atomic E-state index is 0.0315. The number of hydrogen-bond donors (Lipinski definition) is 1. The summed E-state index contributed by atoms with van der Waals surface area (Å²) in [6.07, 6.45) is 4.96. The second-order valence-electron chi connectivity index (χ2n) is 6.78. The summed E-state index contributed by atoms with van der Waals surface area (Å²) >= 11 is 1.41. The lowest BCUT2D eigenvalue weighted by Crippen LogP contribution is -2.39. The second-order valence-corrected chi connectivity index (χ2v) is 7.86. The molecule has 3 aromatic heterocycles. The Morgan fingerprint density at radius 1 is 1.31 bits per heavy atom. The summed E-state index contributed by atoms with van der Waals surface area (Å²) in [5.41, 5.74) is 0.142. The van der Waals surface area contributed by atoms with Crippen molar-refractivity contribution in [2.45, 2.75) is 58.7 Å². The van der Waals surface area contributed by atoms with Crippen LogP contribution in [-0.2, 0) is 13.1 Å². The third kappa shape index (κ3) is 2.66. The van der Waals surface area contributed by atoms with E-state index in [2.05, 4.69) is 17.0 Å². The quantitative estimate of drug-likeness (QED) is 0.708. The van der Waals surface area contributed by atoms with E-state index >= 15 is 0 Å². The Balaban J connectivity index is 1.95. The fraction of sp³-hybridized carbons (Fsp3) is 0.529. The number of rotatable bonds is 6. The van der Waals surface area contributed by atoms with Gasteiger partial charge in [0.05, 0.1) is 11.9 Å². The van der Waals surface area contributed by atoms with Gasteiger partial charge in [-0.05, 0) is 31.7 Å². The lowest BCUT2D eigenvalue weighted by molar-refractivity contribution is 0.561. The highest BCUT2D eigenvalue weighted by Crippen LogP contribution is 2.34. The number of unbranched alkanes of at least 4 members (excludes halogenated alkanes) is 1. The van der Waals surface area contributed by atoms with Gasteiger partial charge in [0.25, 0.3) is 5.56 Å². The molecule has 0 amide bonds. The minimum Gasteiger partial charge on any atom is -0.295 e. The highest BCUT2D eigenvalue weighted by molar-refractivity contribution is 7.18. The van der Waals surface area contributed by atoms with E-state index in [-0.39, 0.29) is 23.0 Å². The molecule has 26 heavy (non-hydrogen) atoms. The van der Waals surface area contributed by atoms with Crippen LogP contribution >= 0.6 is 11.3 Å². The molecular weight excluding hydrogens is 354 g/mol. The van der Waals surface area contributed by atoms with Crippen LogP contribution in [0.2, 0.25) is 0 Å². The number of fused-ring (bicyclic) bond motifs is 1. The van der Waals surface area contributed by atoms with Crippen molar-refractivity contribution in [2.75, 3.05) is 0 Å². The maximum atomic E-state index is 13.0. The van der Waals surface area contributed by atoms with Crippen LogP contribution < -0.4 is 16.9 Å². The monoisotopic (exact) mass is 375 g/mol. The fourth-order valence-corrected chi connectivity index (χ4v) is 4.56. The first-order valence-electron chi connectivity index (χ1n) is 8.90. The maximum absolute atomic E-state index is 13.0. The van der Waals surface area contributed by atoms with Crippen LogP contribution in [0.1, 0.15) is 49.1 Å².